The van der Waals surface area contributed by atoms with Gasteiger partial charge in [0.1, 0.15) is 0 Å². The van der Waals surface area contributed by atoms with Crippen LogP contribution < -0.4 is 5.32 Å². The van der Waals surface area contributed by atoms with E-state index in [1.54, 1.807) is 17.8 Å². The van der Waals surface area contributed by atoms with E-state index >= 15 is 0 Å². The number of para-hydroxylation sites is 1. The lowest BCUT2D eigenvalue weighted by atomic mass is 10.0. The topological polar surface area (TPSA) is 91.1 Å². The second kappa shape index (κ2) is 6.61. The van der Waals surface area contributed by atoms with E-state index in [9.17, 15) is 8.42 Å². The molecule has 7 nitrogen and oxygen atoms in total. The number of nitrogens with zero attached hydrogens (tertiary/aromatic N) is 3. The second-order valence-electron chi connectivity index (χ2n) is 6.83. The van der Waals surface area contributed by atoms with Crippen molar-refractivity contribution in [2.24, 2.45) is 0 Å². The molecule has 0 amide bonds. The van der Waals surface area contributed by atoms with Gasteiger partial charge >= 0.3 is 0 Å². The molecule has 1 saturated heterocycles. The first-order valence-electron chi connectivity index (χ1n) is 8.43. The van der Waals surface area contributed by atoms with Crippen molar-refractivity contribution < 1.29 is 8.42 Å². The van der Waals surface area contributed by atoms with Crippen LogP contribution in [0.15, 0.2) is 48.8 Å². The first kappa shape index (κ1) is 19.0. The van der Waals surface area contributed by atoms with Crippen LogP contribution in [0.5, 0.6) is 0 Å². The van der Waals surface area contributed by atoms with Gasteiger partial charge in [0.05, 0.1) is 33.1 Å². The van der Waals surface area contributed by atoms with E-state index < -0.39 is 15.6 Å². The Morgan fingerprint density at radius 3 is 2.71 bits per heavy atom. The van der Waals surface area contributed by atoms with Crippen molar-refractivity contribution in [1.29, 1.82) is 5.41 Å². The first-order chi connectivity index (χ1) is 13.2. The molecule has 0 unspecified atom stereocenters. The third kappa shape index (κ3) is 3.19. The minimum Gasteiger partial charge on any atom is -0.344 e. The molecule has 1 aliphatic rings. The fourth-order valence-corrected chi connectivity index (χ4v) is 6.34. The van der Waals surface area contributed by atoms with Crippen LogP contribution in [0.3, 0.4) is 0 Å². The summed E-state index contributed by atoms with van der Waals surface area (Å²) in [6.45, 7) is 1.75. The smallest absolute Gasteiger partial charge is 0.239 e. The minimum atomic E-state index is -3.59. The number of hydrogen-bond acceptors (Lipinski definition) is 5. The second-order valence-corrected chi connectivity index (χ2v) is 10.3. The van der Waals surface area contributed by atoms with Gasteiger partial charge in [-0.1, -0.05) is 29.8 Å². The fourth-order valence-electron chi connectivity index (χ4n) is 3.16. The molecule has 146 valence electrons. The summed E-state index contributed by atoms with van der Waals surface area (Å²) >= 11 is 7.89. The lowest BCUT2D eigenvalue weighted by Gasteiger charge is -2.39. The standard InChI is InChI=1S/C18H18ClN5O2S2/c1-18(11-28(25,26)23(2)17(20)22-18)16-14(19)8-15(27-16)12-9-21-24(10-12)13-6-4-3-5-7-13/h3-10H,11H2,1-2H3,(H2,20,22)/t18-/m0/s1. The highest BCUT2D eigenvalue weighted by Gasteiger charge is 2.44. The van der Waals surface area contributed by atoms with Crippen molar-refractivity contribution in [2.45, 2.75) is 12.5 Å². The van der Waals surface area contributed by atoms with Gasteiger partial charge in [0.2, 0.25) is 16.0 Å². The van der Waals surface area contributed by atoms with Gasteiger partial charge in [-0.05, 0) is 25.1 Å². The van der Waals surface area contributed by atoms with Crippen LogP contribution in [0.4, 0.5) is 0 Å². The summed E-state index contributed by atoms with van der Waals surface area (Å²) in [5.41, 5.74) is 0.856. The molecule has 1 atom stereocenters. The van der Waals surface area contributed by atoms with Crippen LogP contribution in [0, 0.1) is 5.41 Å². The van der Waals surface area contributed by atoms with E-state index in [-0.39, 0.29) is 11.7 Å². The molecule has 3 aromatic rings. The summed E-state index contributed by atoms with van der Waals surface area (Å²) in [5, 5.41) is 15.8. The van der Waals surface area contributed by atoms with Gasteiger partial charge in [0, 0.05) is 23.7 Å². The molecule has 1 aliphatic heterocycles. The minimum absolute atomic E-state index is 0.170. The quantitative estimate of drug-likeness (QED) is 0.660. The summed E-state index contributed by atoms with van der Waals surface area (Å²) in [6.07, 6.45) is 3.66. The lowest BCUT2D eigenvalue weighted by molar-refractivity contribution is 0.424. The van der Waals surface area contributed by atoms with Crippen molar-refractivity contribution >= 4 is 38.9 Å². The largest absolute Gasteiger partial charge is 0.344 e. The summed E-state index contributed by atoms with van der Waals surface area (Å²) < 4.78 is 27.6. The molecule has 0 aliphatic carbocycles. The molecule has 4 rings (SSSR count). The summed E-state index contributed by atoms with van der Waals surface area (Å²) in [5.74, 6) is -0.348. The number of benzene rings is 1. The Bertz CT molecular complexity index is 1160. The molecule has 1 aromatic carbocycles. The van der Waals surface area contributed by atoms with Crippen molar-refractivity contribution in [3.63, 3.8) is 0 Å². The summed E-state index contributed by atoms with van der Waals surface area (Å²) in [6, 6.07) is 11.6. The Balaban J connectivity index is 1.70. The molecule has 2 aromatic heterocycles. The van der Waals surface area contributed by atoms with Crippen LogP contribution >= 0.6 is 22.9 Å². The molecule has 10 heteroatoms. The maximum atomic E-state index is 12.4. The van der Waals surface area contributed by atoms with E-state index in [1.165, 1.54) is 18.4 Å². The predicted molar refractivity (Wildman–Crippen MR) is 112 cm³/mol. The zero-order chi connectivity index (χ0) is 20.1. The highest BCUT2D eigenvalue weighted by atomic mass is 35.5. The van der Waals surface area contributed by atoms with Crippen molar-refractivity contribution in [2.75, 3.05) is 12.8 Å². The van der Waals surface area contributed by atoms with Crippen molar-refractivity contribution in [3.8, 4) is 16.1 Å². The van der Waals surface area contributed by atoms with Crippen LogP contribution in [-0.4, -0.2) is 41.3 Å². The molecular formula is C18H18ClN5O2S2. The monoisotopic (exact) mass is 435 g/mol. The Labute approximate surface area is 172 Å². The highest BCUT2D eigenvalue weighted by Crippen LogP contribution is 2.42. The van der Waals surface area contributed by atoms with Gasteiger partial charge in [-0.2, -0.15) is 5.10 Å². The third-order valence-corrected chi connectivity index (χ3v) is 8.49. The van der Waals surface area contributed by atoms with E-state index in [1.807, 2.05) is 42.6 Å². The number of thiophene rings is 1. The Morgan fingerprint density at radius 1 is 1.32 bits per heavy atom. The molecule has 1 fully saturated rings. The third-order valence-electron chi connectivity index (χ3n) is 4.67. The number of halogens is 1. The number of aromatic nitrogens is 2. The molecule has 0 spiro atoms. The van der Waals surface area contributed by atoms with Crippen LogP contribution in [-0.2, 0) is 15.6 Å². The first-order valence-corrected chi connectivity index (χ1v) is 11.2. The summed E-state index contributed by atoms with van der Waals surface area (Å²) in [7, 11) is -2.23. The SMILES string of the molecule is CN1C(=N)N[C@](C)(c2sc(-c3cnn(-c4ccccc4)c3)cc2Cl)CS1(=O)=O. The molecule has 28 heavy (non-hydrogen) atoms. The van der Waals surface area contributed by atoms with Gasteiger partial charge in [-0.25, -0.2) is 17.4 Å². The lowest BCUT2D eigenvalue weighted by Crippen LogP contribution is -2.60. The molecule has 2 N–H and O–H groups in total. The van der Waals surface area contributed by atoms with Gasteiger partial charge in [-0.15, -0.1) is 11.3 Å². The van der Waals surface area contributed by atoms with Gasteiger partial charge in [-0.3, -0.25) is 5.41 Å². The molecule has 0 saturated carbocycles. The zero-order valence-corrected chi connectivity index (χ0v) is 17.6. The molecular weight excluding hydrogens is 418 g/mol. The van der Waals surface area contributed by atoms with E-state index in [0.717, 1.165) is 20.4 Å². The molecule has 0 radical (unpaired) electrons. The summed E-state index contributed by atoms with van der Waals surface area (Å²) in [4.78, 5) is 1.56. The number of guanidine groups is 1. The van der Waals surface area contributed by atoms with Crippen molar-refractivity contribution in [3.05, 3.63) is 58.7 Å². The average Bonchev–Trinajstić information content (AvgIpc) is 3.27. The number of hydrogen-bond donors (Lipinski definition) is 2. The van der Waals surface area contributed by atoms with Crippen LogP contribution in [0.1, 0.15) is 11.8 Å². The van der Waals surface area contributed by atoms with Gasteiger partial charge < -0.3 is 5.32 Å². The van der Waals surface area contributed by atoms with E-state index in [4.69, 9.17) is 17.0 Å². The van der Waals surface area contributed by atoms with Crippen LogP contribution in [0.25, 0.3) is 16.1 Å². The molecule has 0 bridgehead atoms. The Morgan fingerprint density at radius 2 is 2.04 bits per heavy atom. The number of nitrogens with one attached hydrogen (secondary N) is 2. The predicted octanol–water partition coefficient (Wildman–Crippen LogP) is 3.27. The van der Waals surface area contributed by atoms with E-state index in [0.29, 0.717) is 9.90 Å². The number of sulfonamides is 1. The van der Waals surface area contributed by atoms with Gasteiger partial charge in [0.25, 0.3) is 0 Å². The van der Waals surface area contributed by atoms with Crippen LogP contribution in [0.2, 0.25) is 5.02 Å². The van der Waals surface area contributed by atoms with E-state index in [2.05, 4.69) is 10.4 Å². The average molecular weight is 436 g/mol. The normalized spacial score (nSPS) is 21.5. The highest BCUT2D eigenvalue weighted by molar-refractivity contribution is 7.89. The fraction of sp³-hybridized carbons (Fsp3) is 0.222. The Hall–Kier alpha value is -2.36. The van der Waals surface area contributed by atoms with Gasteiger partial charge in [0.15, 0.2) is 0 Å². The Kier molecular flexibility index (Phi) is 4.48. The maximum absolute atomic E-state index is 12.4. The molecule has 3 heterocycles. The maximum Gasteiger partial charge on any atom is 0.239 e. The van der Waals surface area contributed by atoms with Crippen molar-refractivity contribution in [1.82, 2.24) is 19.4 Å². The number of rotatable bonds is 3. The zero-order valence-electron chi connectivity index (χ0n) is 15.2.